The quantitative estimate of drug-likeness (QED) is 0.803. The van der Waals surface area contributed by atoms with E-state index in [9.17, 15) is 8.42 Å². The van der Waals surface area contributed by atoms with Crippen LogP contribution >= 0.6 is 11.3 Å². The highest BCUT2D eigenvalue weighted by Gasteiger charge is 2.15. The van der Waals surface area contributed by atoms with Crippen LogP contribution in [-0.4, -0.2) is 24.7 Å². The molecule has 0 unspecified atom stereocenters. The van der Waals surface area contributed by atoms with Crippen molar-refractivity contribution >= 4 is 21.4 Å². The van der Waals surface area contributed by atoms with Gasteiger partial charge < -0.3 is 5.73 Å². The van der Waals surface area contributed by atoms with Gasteiger partial charge in [-0.25, -0.2) is 13.1 Å². The number of hydrogen-bond donors (Lipinski definition) is 2. The van der Waals surface area contributed by atoms with E-state index in [0.29, 0.717) is 13.1 Å². The van der Waals surface area contributed by atoms with Gasteiger partial charge in [0.15, 0.2) is 0 Å². The third kappa shape index (κ3) is 3.16. The summed E-state index contributed by atoms with van der Waals surface area (Å²) in [5, 5.41) is 7.75. The Bertz CT molecular complexity index is 589. The van der Waals surface area contributed by atoms with Crippen LogP contribution in [-0.2, 0) is 23.1 Å². The first-order chi connectivity index (χ1) is 8.62. The highest BCUT2D eigenvalue weighted by molar-refractivity contribution is 7.89. The monoisotopic (exact) mass is 286 g/mol. The molecule has 2 aromatic heterocycles. The Balaban J connectivity index is 2.05. The standard InChI is InChI=1S/C10H14N4O2S2/c11-2-3-14-7-10(6-12-14)18(15,16)13-5-9-1-4-17-8-9/h1,4,6-8,13H,2-3,5,11H2. The van der Waals surface area contributed by atoms with E-state index in [1.54, 1.807) is 0 Å². The fraction of sp³-hybridized carbons (Fsp3) is 0.300. The summed E-state index contributed by atoms with van der Waals surface area (Å²) < 4.78 is 27.9. The third-order valence-corrected chi connectivity index (χ3v) is 4.41. The second-order valence-corrected chi connectivity index (χ2v) is 6.23. The summed E-state index contributed by atoms with van der Waals surface area (Å²) in [5.74, 6) is 0. The predicted molar refractivity (Wildman–Crippen MR) is 69.6 cm³/mol. The van der Waals surface area contributed by atoms with Crippen molar-refractivity contribution in [2.75, 3.05) is 6.54 Å². The zero-order chi connectivity index (χ0) is 13.0. The number of sulfonamides is 1. The summed E-state index contributed by atoms with van der Waals surface area (Å²) in [7, 11) is -3.50. The van der Waals surface area contributed by atoms with Crippen LogP contribution in [0, 0.1) is 0 Å². The molecule has 0 amide bonds. The van der Waals surface area contributed by atoms with Gasteiger partial charge in [0.25, 0.3) is 0 Å². The largest absolute Gasteiger partial charge is 0.329 e. The molecular weight excluding hydrogens is 272 g/mol. The number of hydrogen-bond acceptors (Lipinski definition) is 5. The predicted octanol–water partition coefficient (Wildman–Crippen LogP) is 0.382. The van der Waals surface area contributed by atoms with E-state index in [-0.39, 0.29) is 11.4 Å². The van der Waals surface area contributed by atoms with Crippen molar-refractivity contribution in [2.24, 2.45) is 5.73 Å². The zero-order valence-corrected chi connectivity index (χ0v) is 11.2. The van der Waals surface area contributed by atoms with Crippen LogP contribution in [0.3, 0.4) is 0 Å². The van der Waals surface area contributed by atoms with E-state index >= 15 is 0 Å². The van der Waals surface area contributed by atoms with Crippen molar-refractivity contribution in [3.05, 3.63) is 34.8 Å². The molecule has 0 aliphatic carbocycles. The van der Waals surface area contributed by atoms with Crippen LogP contribution in [0.1, 0.15) is 5.56 Å². The van der Waals surface area contributed by atoms with Gasteiger partial charge in [-0.15, -0.1) is 0 Å². The molecule has 0 saturated heterocycles. The minimum Gasteiger partial charge on any atom is -0.329 e. The van der Waals surface area contributed by atoms with Crippen molar-refractivity contribution in [2.45, 2.75) is 18.0 Å². The molecular formula is C10H14N4O2S2. The topological polar surface area (TPSA) is 90.0 Å². The lowest BCUT2D eigenvalue weighted by molar-refractivity contribution is 0.580. The molecule has 2 heterocycles. The van der Waals surface area contributed by atoms with E-state index in [2.05, 4.69) is 9.82 Å². The molecule has 0 atom stereocenters. The molecule has 0 aromatic carbocycles. The van der Waals surface area contributed by atoms with Crippen molar-refractivity contribution < 1.29 is 8.42 Å². The van der Waals surface area contributed by atoms with Crippen LogP contribution in [0.2, 0.25) is 0 Å². The third-order valence-electron chi connectivity index (χ3n) is 2.32. The molecule has 6 nitrogen and oxygen atoms in total. The van der Waals surface area contributed by atoms with Gasteiger partial charge in [-0.05, 0) is 22.4 Å². The van der Waals surface area contributed by atoms with E-state index in [0.717, 1.165) is 5.56 Å². The number of nitrogens with two attached hydrogens (primary N) is 1. The SMILES string of the molecule is NCCn1cc(S(=O)(=O)NCc2ccsc2)cn1. The van der Waals surface area contributed by atoms with Gasteiger partial charge in [0.1, 0.15) is 4.90 Å². The van der Waals surface area contributed by atoms with Crippen molar-refractivity contribution in [1.29, 1.82) is 0 Å². The summed E-state index contributed by atoms with van der Waals surface area (Å²) >= 11 is 1.53. The Hall–Kier alpha value is -1.22. The van der Waals surface area contributed by atoms with E-state index < -0.39 is 10.0 Å². The maximum Gasteiger partial charge on any atom is 0.243 e. The molecule has 2 rings (SSSR count). The zero-order valence-electron chi connectivity index (χ0n) is 9.61. The van der Waals surface area contributed by atoms with Crippen LogP contribution in [0.15, 0.2) is 34.1 Å². The maximum absolute atomic E-state index is 12.0. The summed E-state index contributed by atoms with van der Waals surface area (Å²) in [6.45, 7) is 1.21. The minimum absolute atomic E-state index is 0.158. The van der Waals surface area contributed by atoms with E-state index in [1.807, 2.05) is 16.8 Å². The summed E-state index contributed by atoms with van der Waals surface area (Å²) in [5.41, 5.74) is 6.32. The second kappa shape index (κ2) is 5.61. The van der Waals surface area contributed by atoms with Crippen LogP contribution in [0.4, 0.5) is 0 Å². The first-order valence-electron chi connectivity index (χ1n) is 5.35. The highest BCUT2D eigenvalue weighted by Crippen LogP contribution is 2.10. The average Bonchev–Trinajstić information content (AvgIpc) is 2.98. The van der Waals surface area contributed by atoms with Crippen LogP contribution in [0.5, 0.6) is 0 Å². The lowest BCUT2D eigenvalue weighted by atomic mass is 10.4. The molecule has 0 saturated carbocycles. The van der Waals surface area contributed by atoms with Crippen molar-refractivity contribution in [3.8, 4) is 0 Å². The second-order valence-electron chi connectivity index (χ2n) is 3.68. The Morgan fingerprint density at radius 1 is 1.50 bits per heavy atom. The van der Waals surface area contributed by atoms with E-state index in [1.165, 1.54) is 28.4 Å². The normalized spacial score (nSPS) is 11.8. The highest BCUT2D eigenvalue weighted by atomic mass is 32.2. The van der Waals surface area contributed by atoms with E-state index in [4.69, 9.17) is 5.73 Å². The number of aromatic nitrogens is 2. The summed E-state index contributed by atoms with van der Waals surface area (Å²) in [6, 6.07) is 1.88. The Morgan fingerprint density at radius 3 is 3.00 bits per heavy atom. The Morgan fingerprint density at radius 2 is 2.33 bits per heavy atom. The van der Waals surface area contributed by atoms with Gasteiger partial charge in [-0.2, -0.15) is 16.4 Å². The van der Waals surface area contributed by atoms with Gasteiger partial charge in [0.05, 0.1) is 12.7 Å². The first kappa shape index (κ1) is 13.2. The summed E-state index contributed by atoms with van der Waals surface area (Å²) in [4.78, 5) is 0.158. The van der Waals surface area contributed by atoms with Gasteiger partial charge in [0.2, 0.25) is 10.0 Å². The van der Waals surface area contributed by atoms with Crippen molar-refractivity contribution in [3.63, 3.8) is 0 Å². The number of rotatable bonds is 6. The smallest absolute Gasteiger partial charge is 0.243 e. The van der Waals surface area contributed by atoms with Gasteiger partial charge >= 0.3 is 0 Å². The lowest BCUT2D eigenvalue weighted by Gasteiger charge is -2.02. The van der Waals surface area contributed by atoms with Crippen molar-refractivity contribution in [1.82, 2.24) is 14.5 Å². The average molecular weight is 286 g/mol. The van der Waals surface area contributed by atoms with Crippen LogP contribution < -0.4 is 10.5 Å². The van der Waals surface area contributed by atoms with Crippen LogP contribution in [0.25, 0.3) is 0 Å². The maximum atomic E-state index is 12.0. The number of nitrogens with zero attached hydrogens (tertiary/aromatic N) is 2. The number of thiophene rings is 1. The lowest BCUT2D eigenvalue weighted by Crippen LogP contribution is -2.22. The molecule has 98 valence electrons. The van der Waals surface area contributed by atoms with Gasteiger partial charge in [-0.3, -0.25) is 4.68 Å². The van der Waals surface area contributed by atoms with Gasteiger partial charge in [-0.1, -0.05) is 0 Å². The molecule has 0 radical (unpaired) electrons. The fourth-order valence-electron chi connectivity index (χ4n) is 1.39. The van der Waals surface area contributed by atoms with Gasteiger partial charge in [0, 0.05) is 19.3 Å². The fourth-order valence-corrected chi connectivity index (χ4v) is 3.03. The molecule has 0 aliphatic heterocycles. The minimum atomic E-state index is -3.50. The number of nitrogens with one attached hydrogen (secondary N) is 1. The Labute approximate surface area is 109 Å². The summed E-state index contributed by atoms with van der Waals surface area (Å²) in [6.07, 6.45) is 2.80. The first-order valence-corrected chi connectivity index (χ1v) is 7.77. The molecule has 18 heavy (non-hydrogen) atoms. The molecule has 0 bridgehead atoms. The Kier molecular flexibility index (Phi) is 4.12. The molecule has 2 aromatic rings. The molecule has 0 aliphatic rings. The molecule has 0 spiro atoms. The molecule has 3 N–H and O–H groups in total. The molecule has 8 heteroatoms. The molecule has 0 fully saturated rings.